The molecule has 2 aliphatic heterocycles. The van der Waals surface area contributed by atoms with Gasteiger partial charge < -0.3 is 9.47 Å². The molecule has 1 fully saturated rings. The molecule has 0 aliphatic carbocycles. The Labute approximate surface area is 94.0 Å². The highest BCUT2D eigenvalue weighted by Crippen LogP contribution is 2.35. The molecule has 2 nitrogen and oxygen atoms in total. The molecule has 2 heterocycles. The van der Waals surface area contributed by atoms with Gasteiger partial charge in [0.25, 0.3) is 0 Å². The summed E-state index contributed by atoms with van der Waals surface area (Å²) in [5.41, 5.74) is 1.79. The summed E-state index contributed by atoms with van der Waals surface area (Å²) in [5, 5.41) is 0. The molecule has 0 bridgehead atoms. The van der Waals surface area contributed by atoms with Crippen LogP contribution < -0.4 is 0 Å². The number of epoxide rings is 1. The van der Waals surface area contributed by atoms with E-state index < -0.39 is 0 Å². The van der Waals surface area contributed by atoms with E-state index in [9.17, 15) is 0 Å². The van der Waals surface area contributed by atoms with E-state index >= 15 is 0 Å². The first-order valence-electron chi connectivity index (χ1n) is 5.39. The Bertz CT molecular complexity index is 349. The highest BCUT2D eigenvalue weighted by Gasteiger charge is 2.26. The Morgan fingerprint density at radius 2 is 2.27 bits per heavy atom. The number of rotatable bonds is 3. The quantitative estimate of drug-likeness (QED) is 0.733. The van der Waals surface area contributed by atoms with Gasteiger partial charge in [0.2, 0.25) is 0 Å². The summed E-state index contributed by atoms with van der Waals surface area (Å²) in [6.45, 7) is 1.65. The lowest BCUT2D eigenvalue weighted by Crippen LogP contribution is -2.17. The van der Waals surface area contributed by atoms with Crippen molar-refractivity contribution in [2.75, 3.05) is 13.2 Å². The van der Waals surface area contributed by atoms with E-state index in [1.165, 1.54) is 10.5 Å². The van der Waals surface area contributed by atoms with Crippen molar-refractivity contribution in [3.05, 3.63) is 29.8 Å². The van der Waals surface area contributed by atoms with Crippen molar-refractivity contribution >= 4 is 11.8 Å². The lowest BCUT2D eigenvalue weighted by atomic mass is 10.1. The van der Waals surface area contributed by atoms with Crippen LogP contribution in [0.25, 0.3) is 0 Å². The predicted molar refractivity (Wildman–Crippen MR) is 60.1 cm³/mol. The van der Waals surface area contributed by atoms with E-state index in [0.717, 1.165) is 26.1 Å². The van der Waals surface area contributed by atoms with Crippen LogP contribution in [0, 0.1) is 0 Å². The van der Waals surface area contributed by atoms with Crippen LogP contribution in [0.2, 0.25) is 0 Å². The van der Waals surface area contributed by atoms with Crippen molar-refractivity contribution < 1.29 is 9.47 Å². The summed E-state index contributed by atoms with van der Waals surface area (Å²) >= 11 is 1.85. The first-order chi connectivity index (χ1) is 7.42. The van der Waals surface area contributed by atoms with Crippen molar-refractivity contribution in [2.45, 2.75) is 29.3 Å². The highest BCUT2D eigenvalue weighted by atomic mass is 32.2. The minimum absolute atomic E-state index is 0.323. The molecule has 2 atom stereocenters. The molecule has 0 amide bonds. The van der Waals surface area contributed by atoms with Crippen molar-refractivity contribution in [1.29, 1.82) is 0 Å². The second-order valence-corrected chi connectivity index (χ2v) is 5.18. The van der Waals surface area contributed by atoms with Gasteiger partial charge in [-0.05, 0) is 24.5 Å². The minimum Gasteiger partial charge on any atom is -0.371 e. The van der Waals surface area contributed by atoms with Crippen molar-refractivity contribution in [3.63, 3.8) is 0 Å². The van der Waals surface area contributed by atoms with Crippen LogP contribution in [-0.2, 0) is 15.9 Å². The number of aryl methyl sites for hydroxylation is 1. The molecule has 1 saturated heterocycles. The maximum Gasteiger partial charge on any atom is 0.108 e. The molecule has 0 radical (unpaired) electrons. The smallest absolute Gasteiger partial charge is 0.108 e. The predicted octanol–water partition coefficient (Wildman–Crippen LogP) is 2.47. The molecule has 0 aromatic heterocycles. The monoisotopic (exact) mass is 222 g/mol. The van der Waals surface area contributed by atoms with Gasteiger partial charge in [0.15, 0.2) is 0 Å². The van der Waals surface area contributed by atoms with Gasteiger partial charge in [-0.2, -0.15) is 0 Å². The maximum atomic E-state index is 5.80. The summed E-state index contributed by atoms with van der Waals surface area (Å²) in [6.07, 6.45) is 2.64. The van der Waals surface area contributed by atoms with Gasteiger partial charge in [-0.15, -0.1) is 0 Å². The van der Waals surface area contributed by atoms with E-state index in [1.807, 2.05) is 11.8 Å². The average molecular weight is 222 g/mol. The summed E-state index contributed by atoms with van der Waals surface area (Å²) in [7, 11) is 0. The van der Waals surface area contributed by atoms with Gasteiger partial charge in [-0.25, -0.2) is 0 Å². The van der Waals surface area contributed by atoms with Gasteiger partial charge in [-0.1, -0.05) is 30.0 Å². The largest absolute Gasteiger partial charge is 0.371 e. The van der Waals surface area contributed by atoms with E-state index in [4.69, 9.17) is 9.47 Å². The number of hydrogen-bond acceptors (Lipinski definition) is 3. The van der Waals surface area contributed by atoms with Gasteiger partial charge in [0.05, 0.1) is 13.2 Å². The van der Waals surface area contributed by atoms with E-state index in [1.54, 1.807) is 0 Å². The van der Waals surface area contributed by atoms with Gasteiger partial charge in [-0.3, -0.25) is 0 Å². The molecule has 1 aromatic rings. The summed E-state index contributed by atoms with van der Waals surface area (Å²) in [6, 6.07) is 8.60. The third-order valence-electron chi connectivity index (χ3n) is 2.75. The van der Waals surface area contributed by atoms with Crippen LogP contribution in [0.5, 0.6) is 0 Å². The van der Waals surface area contributed by atoms with Crippen LogP contribution in [-0.4, -0.2) is 24.8 Å². The minimum atomic E-state index is 0.323. The van der Waals surface area contributed by atoms with Crippen molar-refractivity contribution in [3.8, 4) is 0 Å². The van der Waals surface area contributed by atoms with Gasteiger partial charge in [0, 0.05) is 4.90 Å². The van der Waals surface area contributed by atoms with Crippen LogP contribution >= 0.6 is 11.8 Å². The fourth-order valence-corrected chi connectivity index (χ4v) is 2.94. The Morgan fingerprint density at radius 3 is 3.13 bits per heavy atom. The highest BCUT2D eigenvalue weighted by molar-refractivity contribution is 7.99. The topological polar surface area (TPSA) is 21.8 Å². The molecule has 80 valence electrons. The van der Waals surface area contributed by atoms with Crippen molar-refractivity contribution in [1.82, 2.24) is 0 Å². The van der Waals surface area contributed by atoms with E-state index in [-0.39, 0.29) is 0 Å². The maximum absolute atomic E-state index is 5.80. The molecule has 15 heavy (non-hydrogen) atoms. The van der Waals surface area contributed by atoms with Crippen molar-refractivity contribution in [2.24, 2.45) is 0 Å². The first kappa shape index (κ1) is 9.70. The van der Waals surface area contributed by atoms with Crippen LogP contribution in [0.15, 0.2) is 29.2 Å². The van der Waals surface area contributed by atoms with E-state index in [2.05, 4.69) is 24.3 Å². The number of thioether (sulfide) groups is 1. The molecule has 3 heteroatoms. The lowest BCUT2D eigenvalue weighted by Gasteiger charge is -2.23. The molecular weight excluding hydrogens is 208 g/mol. The zero-order valence-corrected chi connectivity index (χ0v) is 9.33. The Hall–Kier alpha value is -0.510. The van der Waals surface area contributed by atoms with Gasteiger partial charge in [0.1, 0.15) is 11.5 Å². The zero-order valence-electron chi connectivity index (χ0n) is 8.52. The zero-order chi connectivity index (χ0) is 10.1. The molecule has 0 saturated carbocycles. The summed E-state index contributed by atoms with van der Waals surface area (Å²) in [5.74, 6) is 0. The fraction of sp³-hybridized carbons (Fsp3) is 0.500. The molecule has 0 spiro atoms. The van der Waals surface area contributed by atoms with Gasteiger partial charge >= 0.3 is 0 Å². The third-order valence-corrected chi connectivity index (χ3v) is 4.04. The summed E-state index contributed by atoms with van der Waals surface area (Å²) in [4.78, 5) is 1.38. The van der Waals surface area contributed by atoms with Crippen LogP contribution in [0.3, 0.4) is 0 Å². The SMILES string of the molecule is c1ccc2c(c1)CCC(OCC1CO1)S2. The molecule has 2 aliphatic rings. The second kappa shape index (κ2) is 4.16. The summed E-state index contributed by atoms with van der Waals surface area (Å²) < 4.78 is 10.9. The average Bonchev–Trinajstić information content (AvgIpc) is 3.10. The number of ether oxygens (including phenoxy) is 2. The van der Waals surface area contributed by atoms with E-state index in [0.29, 0.717) is 11.5 Å². The fourth-order valence-electron chi connectivity index (χ4n) is 1.80. The lowest BCUT2D eigenvalue weighted by molar-refractivity contribution is 0.0908. The first-order valence-corrected chi connectivity index (χ1v) is 6.27. The Kier molecular flexibility index (Phi) is 2.69. The molecule has 0 N–H and O–H groups in total. The molecule has 2 unspecified atom stereocenters. The molecular formula is C12H14O2S. The number of hydrogen-bond donors (Lipinski definition) is 0. The number of benzene rings is 1. The normalized spacial score (nSPS) is 28.5. The Morgan fingerprint density at radius 1 is 1.40 bits per heavy atom. The second-order valence-electron chi connectivity index (χ2n) is 3.98. The Balaban J connectivity index is 1.61. The van der Waals surface area contributed by atoms with Crippen LogP contribution in [0.1, 0.15) is 12.0 Å². The number of fused-ring (bicyclic) bond motifs is 1. The third kappa shape index (κ3) is 2.36. The molecule has 1 aromatic carbocycles. The molecule has 3 rings (SSSR count). The standard InChI is InChI=1S/C12H14O2S/c1-2-4-11-9(3-1)5-6-12(15-11)14-8-10-7-13-10/h1-4,10,12H,5-8H2. The van der Waals surface area contributed by atoms with Crippen LogP contribution in [0.4, 0.5) is 0 Å².